The first kappa shape index (κ1) is 16.0. The molecule has 2 N–H and O–H groups in total. The summed E-state index contributed by atoms with van der Waals surface area (Å²) in [5, 5.41) is 19.3. The fourth-order valence-electron chi connectivity index (χ4n) is 1.89. The molecule has 2 rings (SSSR count). The molecular weight excluding hydrogens is 284 g/mol. The lowest BCUT2D eigenvalue weighted by Crippen LogP contribution is -2.31. The summed E-state index contributed by atoms with van der Waals surface area (Å²) < 4.78 is 5.53. The number of hydrogen-bond donors (Lipinski definition) is 2. The summed E-state index contributed by atoms with van der Waals surface area (Å²) in [4.78, 5) is 1.03. The van der Waals surface area contributed by atoms with Crippen LogP contribution in [0.15, 0.2) is 65.6 Å². The zero-order valence-electron chi connectivity index (χ0n) is 11.8. The van der Waals surface area contributed by atoms with Crippen LogP contribution in [0.3, 0.4) is 0 Å². The summed E-state index contributed by atoms with van der Waals surface area (Å²) >= 11 is 1.46. The van der Waals surface area contributed by atoms with Gasteiger partial charge >= 0.3 is 0 Å². The van der Waals surface area contributed by atoms with Gasteiger partial charge in [-0.05, 0) is 17.7 Å². The fraction of sp³-hybridized carbons (Fsp3) is 0.294. The standard InChI is InChI=1S/C17H20O3S/c18-11-17(21-15-9-5-2-6-10-15)16(19)13-20-12-14-7-3-1-4-8-14/h1-10,16-19H,11-13H2/t16-,17-/m1/s1. The van der Waals surface area contributed by atoms with Crippen LogP contribution in [-0.2, 0) is 11.3 Å². The molecule has 3 nitrogen and oxygen atoms in total. The molecule has 0 aliphatic carbocycles. The maximum atomic E-state index is 10.1. The summed E-state index contributed by atoms with van der Waals surface area (Å²) in [5.74, 6) is 0. The molecule has 0 amide bonds. The summed E-state index contributed by atoms with van der Waals surface area (Å²) in [6.45, 7) is 0.585. The van der Waals surface area contributed by atoms with Crippen molar-refractivity contribution in [2.24, 2.45) is 0 Å². The van der Waals surface area contributed by atoms with Crippen molar-refractivity contribution in [3.05, 3.63) is 66.2 Å². The summed E-state index contributed by atoms with van der Waals surface area (Å²) in [5.41, 5.74) is 1.07. The van der Waals surface area contributed by atoms with Gasteiger partial charge in [0.05, 0.1) is 31.2 Å². The molecule has 0 radical (unpaired) electrons. The van der Waals surface area contributed by atoms with E-state index in [9.17, 15) is 10.2 Å². The molecule has 0 unspecified atom stereocenters. The van der Waals surface area contributed by atoms with E-state index < -0.39 is 6.10 Å². The van der Waals surface area contributed by atoms with Crippen molar-refractivity contribution in [3.63, 3.8) is 0 Å². The van der Waals surface area contributed by atoms with Crippen LogP contribution in [0.5, 0.6) is 0 Å². The van der Waals surface area contributed by atoms with Crippen LogP contribution in [0.1, 0.15) is 5.56 Å². The normalized spacial score (nSPS) is 13.8. The van der Waals surface area contributed by atoms with E-state index in [1.165, 1.54) is 11.8 Å². The lowest BCUT2D eigenvalue weighted by atomic mass is 10.2. The minimum Gasteiger partial charge on any atom is -0.395 e. The largest absolute Gasteiger partial charge is 0.395 e. The molecule has 0 bridgehead atoms. The summed E-state index contributed by atoms with van der Waals surface area (Å²) in [6.07, 6.45) is -0.705. The van der Waals surface area contributed by atoms with Crippen LogP contribution < -0.4 is 0 Å². The maximum absolute atomic E-state index is 10.1. The molecule has 0 heterocycles. The minimum absolute atomic E-state index is 0.0879. The molecule has 0 fully saturated rings. The maximum Gasteiger partial charge on any atom is 0.0917 e. The second-order valence-electron chi connectivity index (χ2n) is 4.72. The van der Waals surface area contributed by atoms with Crippen LogP contribution in [0, 0.1) is 0 Å². The van der Waals surface area contributed by atoms with Crippen molar-refractivity contribution in [1.29, 1.82) is 0 Å². The highest BCUT2D eigenvalue weighted by atomic mass is 32.2. The lowest BCUT2D eigenvalue weighted by molar-refractivity contribution is 0.0204. The third-order valence-electron chi connectivity index (χ3n) is 3.04. The highest BCUT2D eigenvalue weighted by molar-refractivity contribution is 8.00. The molecule has 0 aliphatic rings. The number of hydrogen-bond acceptors (Lipinski definition) is 4. The molecule has 0 aliphatic heterocycles. The Labute approximate surface area is 129 Å². The van der Waals surface area contributed by atoms with Gasteiger partial charge in [0.1, 0.15) is 0 Å². The van der Waals surface area contributed by atoms with E-state index in [2.05, 4.69) is 0 Å². The van der Waals surface area contributed by atoms with Gasteiger partial charge in [0.15, 0.2) is 0 Å². The van der Waals surface area contributed by atoms with Gasteiger partial charge in [-0.15, -0.1) is 11.8 Å². The van der Waals surface area contributed by atoms with E-state index in [4.69, 9.17) is 4.74 Å². The molecular formula is C17H20O3S. The molecule has 4 heteroatoms. The minimum atomic E-state index is -0.705. The monoisotopic (exact) mass is 304 g/mol. The van der Waals surface area contributed by atoms with Crippen LogP contribution in [0.25, 0.3) is 0 Å². The number of aliphatic hydroxyl groups excluding tert-OH is 2. The topological polar surface area (TPSA) is 49.7 Å². The Kier molecular flexibility index (Phi) is 6.76. The number of ether oxygens (including phenoxy) is 1. The highest BCUT2D eigenvalue weighted by Crippen LogP contribution is 2.25. The Morgan fingerprint density at radius 3 is 2.19 bits per heavy atom. The third kappa shape index (κ3) is 5.52. The van der Waals surface area contributed by atoms with Gasteiger partial charge in [-0.3, -0.25) is 0 Å². The van der Waals surface area contributed by atoms with Crippen LogP contribution in [-0.4, -0.2) is 34.8 Å². The molecule has 0 aromatic heterocycles. The van der Waals surface area contributed by atoms with Crippen LogP contribution in [0.2, 0.25) is 0 Å². The quantitative estimate of drug-likeness (QED) is 0.736. The SMILES string of the molecule is OC[C@@H](Sc1ccccc1)[C@H](O)COCc1ccccc1. The van der Waals surface area contributed by atoms with Crippen molar-refractivity contribution in [1.82, 2.24) is 0 Å². The summed E-state index contributed by atoms with van der Waals surface area (Å²) in [6, 6.07) is 19.6. The van der Waals surface area contributed by atoms with Gasteiger partial charge in [0, 0.05) is 4.90 Å². The second-order valence-corrected chi connectivity index (χ2v) is 6.03. The second kappa shape index (κ2) is 8.85. The van der Waals surface area contributed by atoms with E-state index in [1.54, 1.807) is 0 Å². The van der Waals surface area contributed by atoms with Crippen molar-refractivity contribution in [2.45, 2.75) is 22.9 Å². The molecule has 0 spiro atoms. The van der Waals surface area contributed by atoms with Crippen molar-refractivity contribution in [3.8, 4) is 0 Å². The molecule has 2 aromatic carbocycles. The smallest absolute Gasteiger partial charge is 0.0917 e. The van der Waals surface area contributed by atoms with Crippen molar-refractivity contribution < 1.29 is 14.9 Å². The first-order chi connectivity index (χ1) is 10.3. The van der Waals surface area contributed by atoms with E-state index in [1.807, 2.05) is 60.7 Å². The molecule has 0 saturated carbocycles. The van der Waals surface area contributed by atoms with Gasteiger partial charge in [0.2, 0.25) is 0 Å². The van der Waals surface area contributed by atoms with Gasteiger partial charge in [-0.2, -0.15) is 0 Å². The summed E-state index contributed by atoms with van der Waals surface area (Å²) in [7, 11) is 0. The van der Waals surface area contributed by atoms with E-state index in [0.717, 1.165) is 10.5 Å². The van der Waals surface area contributed by atoms with Gasteiger partial charge < -0.3 is 14.9 Å². The third-order valence-corrected chi connectivity index (χ3v) is 4.35. The number of benzene rings is 2. The Morgan fingerprint density at radius 2 is 1.57 bits per heavy atom. The predicted molar refractivity (Wildman–Crippen MR) is 85.3 cm³/mol. The van der Waals surface area contributed by atoms with Gasteiger partial charge in [0.25, 0.3) is 0 Å². The van der Waals surface area contributed by atoms with Crippen molar-refractivity contribution >= 4 is 11.8 Å². The van der Waals surface area contributed by atoms with Gasteiger partial charge in [-0.25, -0.2) is 0 Å². The first-order valence-electron chi connectivity index (χ1n) is 6.92. The Hall–Kier alpha value is -1.33. The number of aliphatic hydroxyl groups is 2. The lowest BCUT2D eigenvalue weighted by Gasteiger charge is -2.20. The average molecular weight is 304 g/mol. The van der Waals surface area contributed by atoms with Crippen LogP contribution >= 0.6 is 11.8 Å². The molecule has 112 valence electrons. The number of thioether (sulfide) groups is 1. The molecule has 2 aromatic rings. The fourth-order valence-corrected chi connectivity index (χ4v) is 2.86. The predicted octanol–water partition coefficient (Wildman–Crippen LogP) is 2.72. The van der Waals surface area contributed by atoms with Crippen LogP contribution in [0.4, 0.5) is 0 Å². The average Bonchev–Trinajstić information content (AvgIpc) is 2.54. The number of rotatable bonds is 8. The molecule has 2 atom stereocenters. The zero-order valence-corrected chi connectivity index (χ0v) is 12.6. The Bertz CT molecular complexity index is 504. The molecule has 0 saturated heterocycles. The first-order valence-corrected chi connectivity index (χ1v) is 7.80. The van der Waals surface area contributed by atoms with Gasteiger partial charge in [-0.1, -0.05) is 48.5 Å². The Morgan fingerprint density at radius 1 is 0.952 bits per heavy atom. The Balaban J connectivity index is 1.79. The molecule has 21 heavy (non-hydrogen) atoms. The van der Waals surface area contributed by atoms with E-state index >= 15 is 0 Å². The highest BCUT2D eigenvalue weighted by Gasteiger charge is 2.19. The van der Waals surface area contributed by atoms with Crippen molar-refractivity contribution in [2.75, 3.05) is 13.2 Å². The van der Waals surface area contributed by atoms with E-state index in [0.29, 0.717) is 6.61 Å². The zero-order chi connectivity index (χ0) is 14.9. The van der Waals surface area contributed by atoms with E-state index in [-0.39, 0.29) is 18.5 Å².